The van der Waals surface area contributed by atoms with Crippen LogP contribution in [0.2, 0.25) is 15.1 Å². The summed E-state index contributed by atoms with van der Waals surface area (Å²) < 4.78 is 5.13. The third kappa shape index (κ3) is 4.44. The molecule has 5 nitrogen and oxygen atoms in total. The van der Waals surface area contributed by atoms with Crippen molar-refractivity contribution in [1.29, 1.82) is 0 Å². The Morgan fingerprint density at radius 2 is 1.86 bits per heavy atom. The van der Waals surface area contributed by atoms with Gasteiger partial charge in [-0.05, 0) is 43.7 Å². The summed E-state index contributed by atoms with van der Waals surface area (Å²) in [5, 5.41) is 7.96. The molecule has 1 amide bonds. The summed E-state index contributed by atoms with van der Waals surface area (Å²) >= 11 is 18.3. The molecule has 2 aromatic rings. The van der Waals surface area contributed by atoms with Crippen molar-refractivity contribution in [2.45, 2.75) is 25.9 Å². The van der Waals surface area contributed by atoms with Gasteiger partial charge in [0.1, 0.15) is 6.73 Å². The highest BCUT2D eigenvalue weighted by atomic mass is 35.5. The minimum Gasteiger partial charge on any atom is -0.384 e. The number of nitrogens with zero attached hydrogens (tertiary/aromatic N) is 1. The first kappa shape index (κ1) is 20.9. The fraction of sp³-hybridized carbons (Fsp3) is 0.300. The summed E-state index contributed by atoms with van der Waals surface area (Å²) in [6, 6.07) is 10.6. The second-order valence-corrected chi connectivity index (χ2v) is 7.70. The number of hydrogen-bond donors (Lipinski definition) is 1. The van der Waals surface area contributed by atoms with Gasteiger partial charge < -0.3 is 14.9 Å². The maximum absolute atomic E-state index is 12.0. The summed E-state index contributed by atoms with van der Waals surface area (Å²) in [5.74, 6) is -0.195. The van der Waals surface area contributed by atoms with Crippen LogP contribution in [-0.2, 0) is 15.2 Å². The van der Waals surface area contributed by atoms with E-state index in [1.165, 1.54) is 0 Å². The zero-order valence-corrected chi connectivity index (χ0v) is 17.7. The first-order chi connectivity index (χ1) is 13.3. The minimum atomic E-state index is -0.708. The van der Waals surface area contributed by atoms with Crippen LogP contribution in [0.25, 0.3) is 0 Å². The monoisotopic (exact) mass is 440 g/mol. The van der Waals surface area contributed by atoms with E-state index in [-0.39, 0.29) is 12.6 Å². The Hall–Kier alpha value is -1.79. The van der Waals surface area contributed by atoms with Gasteiger partial charge >= 0.3 is 0 Å². The molecule has 148 valence electrons. The summed E-state index contributed by atoms with van der Waals surface area (Å²) in [4.78, 5) is 17.8. The van der Waals surface area contributed by atoms with Crippen molar-refractivity contribution in [3.05, 3.63) is 68.2 Å². The Bertz CT molecular complexity index is 892. The summed E-state index contributed by atoms with van der Waals surface area (Å²) in [6.45, 7) is 4.50. The summed E-state index contributed by atoms with van der Waals surface area (Å²) in [6.07, 6.45) is 0.525. The number of hydrogen-bond acceptors (Lipinski definition) is 4. The summed E-state index contributed by atoms with van der Waals surface area (Å²) in [5.41, 5.74) is 2.27. The topological polar surface area (TPSA) is 59.9 Å². The van der Waals surface area contributed by atoms with Crippen LogP contribution >= 0.6 is 34.8 Å². The number of carbonyl (C=O) groups excluding carboxylic acids is 1. The number of ether oxygens (including phenoxy) is 1. The molecular formula is C20H19Cl3N2O3. The molecular weight excluding hydrogens is 423 g/mol. The molecule has 3 rings (SSSR count). The molecule has 1 unspecified atom stereocenters. The molecule has 0 saturated heterocycles. The van der Waals surface area contributed by atoms with E-state index < -0.39 is 5.60 Å². The van der Waals surface area contributed by atoms with Crippen LogP contribution in [0, 0.1) is 0 Å². The van der Waals surface area contributed by atoms with E-state index in [0.717, 1.165) is 16.8 Å². The predicted octanol–water partition coefficient (Wildman–Crippen LogP) is 5.41. The van der Waals surface area contributed by atoms with Gasteiger partial charge in [0.25, 0.3) is 5.91 Å². The highest BCUT2D eigenvalue weighted by molar-refractivity contribution is 6.48. The third-order valence-corrected chi connectivity index (χ3v) is 5.67. The number of nitrogens with one attached hydrogen (secondary N) is 1. The van der Waals surface area contributed by atoms with Gasteiger partial charge in [-0.1, -0.05) is 52.1 Å². The molecule has 0 fully saturated rings. The lowest BCUT2D eigenvalue weighted by Gasteiger charge is -2.22. The molecule has 1 atom stereocenters. The first-order valence-electron chi connectivity index (χ1n) is 8.70. The van der Waals surface area contributed by atoms with Crippen molar-refractivity contribution in [1.82, 2.24) is 5.32 Å². The molecule has 0 bridgehead atoms. The van der Waals surface area contributed by atoms with Crippen molar-refractivity contribution in [3.63, 3.8) is 0 Å². The number of amides is 1. The van der Waals surface area contributed by atoms with Crippen molar-refractivity contribution in [2.24, 2.45) is 5.16 Å². The molecule has 0 radical (unpaired) electrons. The van der Waals surface area contributed by atoms with Crippen LogP contribution in [-0.4, -0.2) is 25.0 Å². The molecule has 1 aliphatic heterocycles. The van der Waals surface area contributed by atoms with E-state index in [4.69, 9.17) is 44.4 Å². The molecule has 1 heterocycles. The number of oxime groups is 1. The van der Waals surface area contributed by atoms with Gasteiger partial charge in [-0.3, -0.25) is 4.79 Å². The quantitative estimate of drug-likeness (QED) is 0.370. The number of benzene rings is 2. The van der Waals surface area contributed by atoms with Crippen LogP contribution in [0.1, 0.15) is 41.8 Å². The van der Waals surface area contributed by atoms with E-state index in [2.05, 4.69) is 10.5 Å². The van der Waals surface area contributed by atoms with Crippen molar-refractivity contribution in [3.8, 4) is 0 Å². The lowest BCUT2D eigenvalue weighted by atomic mass is 9.89. The second-order valence-electron chi connectivity index (χ2n) is 6.51. The molecule has 8 heteroatoms. The highest BCUT2D eigenvalue weighted by Crippen LogP contribution is 2.41. The van der Waals surface area contributed by atoms with Gasteiger partial charge in [0.2, 0.25) is 0 Å². The minimum absolute atomic E-state index is 0.183. The molecule has 28 heavy (non-hydrogen) atoms. The van der Waals surface area contributed by atoms with Crippen molar-refractivity contribution >= 4 is 46.4 Å². The van der Waals surface area contributed by atoms with Gasteiger partial charge in [-0.15, -0.1) is 0 Å². The molecule has 0 spiro atoms. The number of halogens is 3. The Balaban J connectivity index is 1.72. The Labute approximate surface area is 178 Å². The lowest BCUT2D eigenvalue weighted by molar-refractivity contribution is -0.00737. The van der Waals surface area contributed by atoms with Gasteiger partial charge in [-0.2, -0.15) is 0 Å². The Morgan fingerprint density at radius 1 is 1.21 bits per heavy atom. The molecule has 1 aliphatic rings. The smallest absolute Gasteiger partial charge is 0.253 e. The predicted molar refractivity (Wildman–Crippen MR) is 111 cm³/mol. The van der Waals surface area contributed by atoms with E-state index in [1.54, 1.807) is 24.3 Å². The lowest BCUT2D eigenvalue weighted by Crippen LogP contribution is -2.26. The SMILES string of the molecule is CCOCNC(=O)c1ccc(C2=NOC(C)(c3cc(Cl)c(Cl)c(Cl)c3)C2)cc1. The van der Waals surface area contributed by atoms with Crippen LogP contribution in [0.15, 0.2) is 41.6 Å². The van der Waals surface area contributed by atoms with E-state index in [1.807, 2.05) is 26.0 Å². The Morgan fingerprint density at radius 3 is 2.46 bits per heavy atom. The van der Waals surface area contributed by atoms with Crippen LogP contribution in [0.3, 0.4) is 0 Å². The van der Waals surface area contributed by atoms with Crippen LogP contribution < -0.4 is 5.32 Å². The number of rotatable bonds is 6. The van der Waals surface area contributed by atoms with Crippen molar-refractivity contribution < 1.29 is 14.4 Å². The van der Waals surface area contributed by atoms with E-state index in [9.17, 15) is 4.79 Å². The normalized spacial score (nSPS) is 18.5. The first-order valence-corrected chi connectivity index (χ1v) is 9.84. The zero-order valence-electron chi connectivity index (χ0n) is 15.4. The average molecular weight is 442 g/mol. The van der Waals surface area contributed by atoms with Crippen LogP contribution in [0.4, 0.5) is 0 Å². The van der Waals surface area contributed by atoms with Crippen LogP contribution in [0.5, 0.6) is 0 Å². The largest absolute Gasteiger partial charge is 0.384 e. The average Bonchev–Trinajstić information content (AvgIpc) is 3.09. The third-order valence-electron chi connectivity index (χ3n) is 4.48. The van der Waals surface area contributed by atoms with Gasteiger partial charge in [0.15, 0.2) is 5.60 Å². The maximum Gasteiger partial charge on any atom is 0.253 e. The molecule has 2 aromatic carbocycles. The van der Waals surface area contributed by atoms with Gasteiger partial charge in [0.05, 0.1) is 20.8 Å². The fourth-order valence-corrected chi connectivity index (χ4v) is 3.44. The Kier molecular flexibility index (Phi) is 6.50. The molecule has 0 saturated carbocycles. The second kappa shape index (κ2) is 8.70. The summed E-state index contributed by atoms with van der Waals surface area (Å²) in [7, 11) is 0. The highest BCUT2D eigenvalue weighted by Gasteiger charge is 2.37. The molecule has 0 aliphatic carbocycles. The maximum atomic E-state index is 12.0. The van der Waals surface area contributed by atoms with Gasteiger partial charge in [-0.25, -0.2) is 0 Å². The zero-order chi connectivity index (χ0) is 20.3. The van der Waals surface area contributed by atoms with E-state index >= 15 is 0 Å². The standard InChI is InChI=1S/C20H19Cl3N2O3/c1-3-27-11-24-19(26)13-6-4-12(5-7-13)17-10-20(2,28-25-17)14-8-15(21)18(23)16(22)9-14/h4-9H,3,10-11H2,1-2H3,(H,24,26). The fourth-order valence-electron chi connectivity index (χ4n) is 2.84. The van der Waals surface area contributed by atoms with Gasteiger partial charge in [0, 0.05) is 24.2 Å². The van der Waals surface area contributed by atoms with E-state index in [0.29, 0.717) is 33.7 Å². The van der Waals surface area contributed by atoms with Crippen molar-refractivity contribution in [2.75, 3.05) is 13.3 Å². The molecule has 0 aromatic heterocycles. The molecule has 1 N–H and O–H groups in total. The number of carbonyl (C=O) groups is 1.